The predicted octanol–water partition coefficient (Wildman–Crippen LogP) is 1.69. The molecule has 0 aliphatic carbocycles. The molecule has 0 atom stereocenters. The lowest BCUT2D eigenvalue weighted by atomic mass is 9.89. The fourth-order valence-corrected chi connectivity index (χ4v) is 4.00. The van der Waals surface area contributed by atoms with Crippen LogP contribution in [0, 0.1) is 0 Å². The van der Waals surface area contributed by atoms with Gasteiger partial charge in [0.15, 0.2) is 5.01 Å². The maximum atomic E-state index is 12.6. The number of ether oxygens (including phenoxy) is 1. The van der Waals surface area contributed by atoms with Crippen LogP contribution in [0.2, 0.25) is 0 Å². The maximum absolute atomic E-state index is 12.6. The van der Waals surface area contributed by atoms with Gasteiger partial charge in [-0.05, 0) is 19.3 Å². The monoisotopic (exact) mass is 339 g/mol. The van der Waals surface area contributed by atoms with Crippen LogP contribution in [-0.4, -0.2) is 70.3 Å². The molecule has 0 aromatic carbocycles. The summed E-state index contributed by atoms with van der Waals surface area (Å²) in [6.07, 6.45) is 1.18. The van der Waals surface area contributed by atoms with Gasteiger partial charge in [0.25, 0.3) is 5.91 Å². The standard InChI is InChI=1S/C15H21N3O4S/c1-2-11-9-23-12(16-11)13(19)18-7-8-22-15(10-18)3-5-17(6-4-15)14(20)21/h9H,2-8,10H2,1H3,(H,20,21). The second-order valence-corrected chi connectivity index (χ2v) is 6.88. The van der Waals surface area contributed by atoms with Gasteiger partial charge in [0.1, 0.15) is 0 Å². The lowest BCUT2D eigenvalue weighted by Gasteiger charge is -2.46. The van der Waals surface area contributed by atoms with E-state index >= 15 is 0 Å². The molecule has 8 heteroatoms. The van der Waals surface area contributed by atoms with E-state index in [1.165, 1.54) is 16.2 Å². The molecule has 1 aromatic rings. The fraction of sp³-hybridized carbons (Fsp3) is 0.667. The summed E-state index contributed by atoms with van der Waals surface area (Å²) in [4.78, 5) is 31.3. The number of aryl methyl sites for hydroxylation is 1. The average molecular weight is 339 g/mol. The first-order valence-electron chi connectivity index (χ1n) is 7.88. The van der Waals surface area contributed by atoms with Gasteiger partial charge in [0.05, 0.1) is 24.4 Å². The van der Waals surface area contributed by atoms with Crippen LogP contribution in [0.25, 0.3) is 0 Å². The van der Waals surface area contributed by atoms with Gasteiger partial charge in [-0.25, -0.2) is 9.78 Å². The van der Waals surface area contributed by atoms with Crippen molar-refractivity contribution < 1.29 is 19.4 Å². The molecule has 23 heavy (non-hydrogen) atoms. The van der Waals surface area contributed by atoms with Crippen molar-refractivity contribution in [1.29, 1.82) is 0 Å². The van der Waals surface area contributed by atoms with Crippen molar-refractivity contribution >= 4 is 23.3 Å². The number of morpholine rings is 1. The molecule has 2 amide bonds. The summed E-state index contributed by atoms with van der Waals surface area (Å²) in [7, 11) is 0. The molecule has 2 aliphatic heterocycles. The maximum Gasteiger partial charge on any atom is 0.407 e. The first kappa shape index (κ1) is 16.2. The summed E-state index contributed by atoms with van der Waals surface area (Å²) in [6, 6.07) is 0. The molecule has 3 heterocycles. The van der Waals surface area contributed by atoms with Crippen molar-refractivity contribution in [1.82, 2.24) is 14.8 Å². The topological polar surface area (TPSA) is 83.0 Å². The number of piperidine rings is 1. The molecule has 126 valence electrons. The Morgan fingerprint density at radius 1 is 1.35 bits per heavy atom. The number of rotatable bonds is 2. The molecule has 1 aromatic heterocycles. The van der Waals surface area contributed by atoms with E-state index in [0.29, 0.717) is 50.6 Å². The van der Waals surface area contributed by atoms with E-state index < -0.39 is 11.7 Å². The number of thiazole rings is 1. The van der Waals surface area contributed by atoms with Crippen LogP contribution in [0.4, 0.5) is 4.79 Å². The third kappa shape index (κ3) is 3.32. The second-order valence-electron chi connectivity index (χ2n) is 6.03. The average Bonchev–Trinajstić information content (AvgIpc) is 3.04. The van der Waals surface area contributed by atoms with E-state index in [9.17, 15) is 9.59 Å². The molecule has 0 unspecified atom stereocenters. The Balaban J connectivity index is 1.66. The summed E-state index contributed by atoms with van der Waals surface area (Å²) >= 11 is 1.39. The highest BCUT2D eigenvalue weighted by atomic mass is 32.1. The van der Waals surface area contributed by atoms with Gasteiger partial charge in [0.2, 0.25) is 0 Å². The highest BCUT2D eigenvalue weighted by Crippen LogP contribution is 2.31. The molecule has 7 nitrogen and oxygen atoms in total. The number of hydrogen-bond acceptors (Lipinski definition) is 5. The third-order valence-electron chi connectivity index (χ3n) is 4.58. The van der Waals surface area contributed by atoms with Gasteiger partial charge >= 0.3 is 6.09 Å². The Bertz CT molecular complexity index is 595. The SMILES string of the molecule is CCc1csc(C(=O)N2CCOC3(CCN(C(=O)O)CC3)C2)n1. The Labute approximate surface area is 138 Å². The largest absolute Gasteiger partial charge is 0.465 e. The minimum Gasteiger partial charge on any atom is -0.465 e. The Morgan fingerprint density at radius 2 is 2.09 bits per heavy atom. The zero-order chi connectivity index (χ0) is 16.4. The molecular weight excluding hydrogens is 318 g/mol. The molecular formula is C15H21N3O4S. The predicted molar refractivity (Wildman–Crippen MR) is 84.9 cm³/mol. The van der Waals surface area contributed by atoms with E-state index in [4.69, 9.17) is 9.84 Å². The van der Waals surface area contributed by atoms with E-state index in [2.05, 4.69) is 4.98 Å². The molecule has 2 saturated heterocycles. The Hall–Kier alpha value is -1.67. The molecule has 0 bridgehead atoms. The zero-order valence-electron chi connectivity index (χ0n) is 13.2. The van der Waals surface area contributed by atoms with Crippen molar-refractivity contribution in [3.8, 4) is 0 Å². The van der Waals surface area contributed by atoms with E-state index in [1.54, 1.807) is 4.90 Å². The number of hydrogen-bond donors (Lipinski definition) is 1. The van der Waals surface area contributed by atoms with Gasteiger partial charge < -0.3 is 19.6 Å². The Kier molecular flexibility index (Phi) is 4.54. The number of nitrogens with zero attached hydrogens (tertiary/aromatic N) is 3. The van der Waals surface area contributed by atoms with Crippen molar-refractivity contribution in [2.75, 3.05) is 32.8 Å². The Morgan fingerprint density at radius 3 is 2.70 bits per heavy atom. The summed E-state index contributed by atoms with van der Waals surface area (Å²) in [5.74, 6) is -0.0435. The van der Waals surface area contributed by atoms with Crippen LogP contribution in [0.1, 0.15) is 35.3 Å². The third-order valence-corrected chi connectivity index (χ3v) is 5.46. The highest BCUT2D eigenvalue weighted by Gasteiger charge is 2.42. The number of likely N-dealkylation sites (tertiary alicyclic amines) is 1. The van der Waals surface area contributed by atoms with E-state index in [0.717, 1.165) is 12.1 Å². The number of carboxylic acid groups (broad SMARTS) is 1. The zero-order valence-corrected chi connectivity index (χ0v) is 14.0. The summed E-state index contributed by atoms with van der Waals surface area (Å²) in [5.41, 5.74) is 0.529. The summed E-state index contributed by atoms with van der Waals surface area (Å²) in [5, 5.41) is 11.5. The first-order chi connectivity index (χ1) is 11.0. The summed E-state index contributed by atoms with van der Waals surface area (Å²) in [6.45, 7) is 4.49. The van der Waals surface area contributed by atoms with Crippen LogP contribution in [0.3, 0.4) is 0 Å². The van der Waals surface area contributed by atoms with Crippen LogP contribution in [-0.2, 0) is 11.2 Å². The molecule has 0 saturated carbocycles. The number of carbonyl (C=O) groups is 2. The fourth-order valence-electron chi connectivity index (χ4n) is 3.13. The van der Waals surface area contributed by atoms with Gasteiger partial charge in [0, 0.05) is 25.0 Å². The normalized spacial score (nSPS) is 20.7. The van der Waals surface area contributed by atoms with Crippen molar-refractivity contribution in [2.24, 2.45) is 0 Å². The van der Waals surface area contributed by atoms with Crippen molar-refractivity contribution in [2.45, 2.75) is 31.8 Å². The quantitative estimate of drug-likeness (QED) is 0.886. The second kappa shape index (κ2) is 6.45. The lowest BCUT2D eigenvalue weighted by Crippen LogP contribution is -2.58. The molecule has 2 fully saturated rings. The van der Waals surface area contributed by atoms with Gasteiger partial charge in [-0.3, -0.25) is 4.79 Å². The smallest absolute Gasteiger partial charge is 0.407 e. The number of carbonyl (C=O) groups excluding carboxylic acids is 1. The summed E-state index contributed by atoms with van der Waals surface area (Å²) < 4.78 is 5.95. The van der Waals surface area contributed by atoms with Crippen molar-refractivity contribution in [3.63, 3.8) is 0 Å². The van der Waals surface area contributed by atoms with Crippen LogP contribution in [0.15, 0.2) is 5.38 Å². The molecule has 2 aliphatic rings. The van der Waals surface area contributed by atoms with E-state index in [-0.39, 0.29) is 5.91 Å². The molecule has 0 radical (unpaired) electrons. The van der Waals surface area contributed by atoms with E-state index in [1.807, 2.05) is 12.3 Å². The van der Waals surface area contributed by atoms with Crippen LogP contribution in [0.5, 0.6) is 0 Å². The minimum atomic E-state index is -0.890. The van der Waals surface area contributed by atoms with Gasteiger partial charge in [-0.15, -0.1) is 11.3 Å². The highest BCUT2D eigenvalue weighted by molar-refractivity contribution is 7.11. The van der Waals surface area contributed by atoms with Crippen LogP contribution >= 0.6 is 11.3 Å². The number of amides is 2. The van der Waals surface area contributed by atoms with Crippen LogP contribution < -0.4 is 0 Å². The minimum absolute atomic E-state index is 0.0435. The van der Waals surface area contributed by atoms with Crippen molar-refractivity contribution in [3.05, 3.63) is 16.1 Å². The molecule has 3 rings (SSSR count). The molecule has 1 spiro atoms. The van der Waals surface area contributed by atoms with Gasteiger partial charge in [-0.2, -0.15) is 0 Å². The number of aromatic nitrogens is 1. The first-order valence-corrected chi connectivity index (χ1v) is 8.76. The lowest BCUT2D eigenvalue weighted by molar-refractivity contribution is -0.124. The van der Waals surface area contributed by atoms with Gasteiger partial charge in [-0.1, -0.05) is 6.92 Å². The molecule has 1 N–H and O–H groups in total.